The Hall–Kier alpha value is -0.870. The third-order valence-electron chi connectivity index (χ3n) is 2.07. The zero-order valence-corrected chi connectivity index (χ0v) is 11.4. The SMILES string of the molecule is Br.CC(C)NC(=O)[C@@H](N)Cc1ccccc1. The number of nitrogens with two attached hydrogens (primary N) is 1. The number of carbonyl (C=O) groups excluding carboxylic acids is 1. The molecular formula is C12H19BrN2O. The van der Waals surface area contributed by atoms with Crippen molar-refractivity contribution in [3.63, 3.8) is 0 Å². The highest BCUT2D eigenvalue weighted by atomic mass is 79.9. The summed E-state index contributed by atoms with van der Waals surface area (Å²) in [5, 5.41) is 2.80. The molecule has 0 aliphatic rings. The van der Waals surface area contributed by atoms with E-state index in [0.717, 1.165) is 5.56 Å². The maximum absolute atomic E-state index is 11.5. The van der Waals surface area contributed by atoms with Crippen molar-refractivity contribution in [3.8, 4) is 0 Å². The first-order chi connectivity index (χ1) is 7.09. The Kier molecular flexibility index (Phi) is 7.01. The van der Waals surface area contributed by atoms with Crippen LogP contribution < -0.4 is 11.1 Å². The monoisotopic (exact) mass is 286 g/mol. The van der Waals surface area contributed by atoms with Gasteiger partial charge in [0.05, 0.1) is 6.04 Å². The van der Waals surface area contributed by atoms with Gasteiger partial charge in [0, 0.05) is 6.04 Å². The van der Waals surface area contributed by atoms with Crippen molar-refractivity contribution in [1.29, 1.82) is 0 Å². The predicted octanol–water partition coefficient (Wildman–Crippen LogP) is 1.66. The van der Waals surface area contributed by atoms with Crippen LogP contribution in [-0.4, -0.2) is 18.0 Å². The Morgan fingerprint density at radius 1 is 1.31 bits per heavy atom. The molecule has 0 radical (unpaired) electrons. The van der Waals surface area contributed by atoms with E-state index in [-0.39, 0.29) is 28.9 Å². The summed E-state index contributed by atoms with van der Waals surface area (Å²) in [5.74, 6) is -0.0890. The van der Waals surface area contributed by atoms with Gasteiger partial charge in [0.1, 0.15) is 0 Å². The highest BCUT2D eigenvalue weighted by molar-refractivity contribution is 8.93. The molecule has 0 saturated carbocycles. The number of amides is 1. The molecule has 1 aromatic rings. The van der Waals surface area contributed by atoms with Crippen LogP contribution in [0, 0.1) is 0 Å². The summed E-state index contributed by atoms with van der Waals surface area (Å²) in [6.45, 7) is 3.85. The van der Waals surface area contributed by atoms with Gasteiger partial charge in [-0.25, -0.2) is 0 Å². The maximum Gasteiger partial charge on any atom is 0.237 e. The molecule has 0 bridgehead atoms. The number of hydrogen-bond donors (Lipinski definition) is 2. The molecule has 90 valence electrons. The molecule has 0 spiro atoms. The molecule has 0 aliphatic heterocycles. The molecule has 0 unspecified atom stereocenters. The van der Waals surface area contributed by atoms with Crippen LogP contribution in [-0.2, 0) is 11.2 Å². The Morgan fingerprint density at radius 2 is 1.88 bits per heavy atom. The fourth-order valence-corrected chi connectivity index (χ4v) is 1.35. The number of carbonyl (C=O) groups is 1. The Labute approximate surface area is 107 Å². The summed E-state index contributed by atoms with van der Waals surface area (Å²) >= 11 is 0. The summed E-state index contributed by atoms with van der Waals surface area (Å²) in [7, 11) is 0. The summed E-state index contributed by atoms with van der Waals surface area (Å²) < 4.78 is 0. The van der Waals surface area contributed by atoms with Gasteiger partial charge in [0.15, 0.2) is 0 Å². The average Bonchev–Trinajstić information content (AvgIpc) is 2.18. The van der Waals surface area contributed by atoms with E-state index in [1.807, 2.05) is 44.2 Å². The molecule has 1 aromatic carbocycles. The molecule has 1 atom stereocenters. The van der Waals surface area contributed by atoms with E-state index in [4.69, 9.17) is 5.73 Å². The quantitative estimate of drug-likeness (QED) is 0.885. The molecule has 0 aliphatic carbocycles. The van der Waals surface area contributed by atoms with E-state index in [9.17, 15) is 4.79 Å². The normalized spacial score (nSPS) is 11.8. The van der Waals surface area contributed by atoms with Gasteiger partial charge in [-0.3, -0.25) is 4.79 Å². The second-order valence-corrected chi connectivity index (χ2v) is 3.96. The minimum absolute atomic E-state index is 0. The van der Waals surface area contributed by atoms with E-state index >= 15 is 0 Å². The minimum Gasteiger partial charge on any atom is -0.353 e. The van der Waals surface area contributed by atoms with Crippen LogP contribution in [0.25, 0.3) is 0 Å². The lowest BCUT2D eigenvalue weighted by molar-refractivity contribution is -0.122. The molecule has 0 heterocycles. The van der Waals surface area contributed by atoms with E-state index in [2.05, 4.69) is 5.32 Å². The van der Waals surface area contributed by atoms with Gasteiger partial charge >= 0.3 is 0 Å². The van der Waals surface area contributed by atoms with Crippen LogP contribution in [0.3, 0.4) is 0 Å². The van der Waals surface area contributed by atoms with Crippen LogP contribution in [0.15, 0.2) is 30.3 Å². The lowest BCUT2D eigenvalue weighted by Gasteiger charge is -2.14. The number of benzene rings is 1. The molecule has 1 rings (SSSR count). The Bertz CT molecular complexity index is 314. The lowest BCUT2D eigenvalue weighted by atomic mass is 10.1. The largest absolute Gasteiger partial charge is 0.353 e. The summed E-state index contributed by atoms with van der Waals surface area (Å²) in [6, 6.07) is 9.47. The van der Waals surface area contributed by atoms with E-state index < -0.39 is 6.04 Å². The van der Waals surface area contributed by atoms with Crippen molar-refractivity contribution in [1.82, 2.24) is 5.32 Å². The zero-order valence-electron chi connectivity index (χ0n) is 9.64. The van der Waals surface area contributed by atoms with Gasteiger partial charge in [0.2, 0.25) is 5.91 Å². The van der Waals surface area contributed by atoms with E-state index in [0.29, 0.717) is 6.42 Å². The molecule has 0 aromatic heterocycles. The van der Waals surface area contributed by atoms with Crippen LogP contribution in [0.5, 0.6) is 0 Å². The van der Waals surface area contributed by atoms with E-state index in [1.165, 1.54) is 0 Å². The molecule has 3 N–H and O–H groups in total. The molecule has 1 amide bonds. The standard InChI is InChI=1S/C12H18N2O.BrH/c1-9(2)14-12(15)11(13)8-10-6-4-3-5-7-10;/h3-7,9,11H,8,13H2,1-2H3,(H,14,15);1H/t11-;/m0./s1. The van der Waals surface area contributed by atoms with Gasteiger partial charge in [-0.2, -0.15) is 0 Å². The third-order valence-corrected chi connectivity index (χ3v) is 2.07. The van der Waals surface area contributed by atoms with Crippen molar-refractivity contribution >= 4 is 22.9 Å². The number of rotatable bonds is 4. The van der Waals surface area contributed by atoms with Crippen LogP contribution >= 0.6 is 17.0 Å². The van der Waals surface area contributed by atoms with Gasteiger partial charge in [-0.15, -0.1) is 17.0 Å². The highest BCUT2D eigenvalue weighted by Gasteiger charge is 2.14. The molecule has 16 heavy (non-hydrogen) atoms. The van der Waals surface area contributed by atoms with Crippen LogP contribution in [0.1, 0.15) is 19.4 Å². The van der Waals surface area contributed by atoms with Crippen molar-refractivity contribution < 1.29 is 4.79 Å². The third kappa shape index (κ3) is 5.28. The summed E-state index contributed by atoms with van der Waals surface area (Å²) in [4.78, 5) is 11.5. The highest BCUT2D eigenvalue weighted by Crippen LogP contribution is 2.01. The molecule has 0 fully saturated rings. The summed E-state index contributed by atoms with van der Waals surface area (Å²) in [5.41, 5.74) is 6.87. The van der Waals surface area contributed by atoms with Crippen molar-refractivity contribution in [2.75, 3.05) is 0 Å². The van der Waals surface area contributed by atoms with Gasteiger partial charge in [-0.05, 0) is 25.8 Å². The second-order valence-electron chi connectivity index (χ2n) is 3.96. The van der Waals surface area contributed by atoms with Crippen molar-refractivity contribution in [2.24, 2.45) is 5.73 Å². The Morgan fingerprint density at radius 3 is 2.38 bits per heavy atom. The van der Waals surface area contributed by atoms with Crippen LogP contribution in [0.2, 0.25) is 0 Å². The average molecular weight is 287 g/mol. The lowest BCUT2D eigenvalue weighted by Crippen LogP contribution is -2.44. The first kappa shape index (κ1) is 15.1. The topological polar surface area (TPSA) is 55.1 Å². The fourth-order valence-electron chi connectivity index (χ4n) is 1.35. The van der Waals surface area contributed by atoms with Gasteiger partial charge < -0.3 is 11.1 Å². The maximum atomic E-state index is 11.5. The second kappa shape index (κ2) is 7.41. The predicted molar refractivity (Wildman–Crippen MR) is 71.7 cm³/mol. The fraction of sp³-hybridized carbons (Fsp3) is 0.417. The van der Waals surface area contributed by atoms with Gasteiger partial charge in [-0.1, -0.05) is 30.3 Å². The molecule has 3 nitrogen and oxygen atoms in total. The van der Waals surface area contributed by atoms with E-state index in [1.54, 1.807) is 0 Å². The number of halogens is 1. The Balaban J connectivity index is 0.00000225. The first-order valence-electron chi connectivity index (χ1n) is 5.19. The van der Waals surface area contributed by atoms with Gasteiger partial charge in [0.25, 0.3) is 0 Å². The number of hydrogen-bond acceptors (Lipinski definition) is 2. The van der Waals surface area contributed by atoms with Crippen molar-refractivity contribution in [2.45, 2.75) is 32.4 Å². The molecule has 4 heteroatoms. The molecular weight excluding hydrogens is 268 g/mol. The van der Waals surface area contributed by atoms with Crippen LogP contribution in [0.4, 0.5) is 0 Å². The summed E-state index contributed by atoms with van der Waals surface area (Å²) in [6.07, 6.45) is 0.583. The smallest absolute Gasteiger partial charge is 0.237 e. The number of nitrogens with one attached hydrogen (secondary N) is 1. The van der Waals surface area contributed by atoms with Crippen molar-refractivity contribution in [3.05, 3.63) is 35.9 Å². The minimum atomic E-state index is -0.463. The zero-order chi connectivity index (χ0) is 11.3. The molecule has 0 saturated heterocycles. The first-order valence-corrected chi connectivity index (χ1v) is 5.19.